The smallest absolute Gasteiger partial charge is 0.120 e. The molecule has 0 saturated heterocycles. The molecule has 0 fully saturated rings. The number of hydrogen-bond acceptors (Lipinski definition) is 4. The molecule has 0 saturated carbocycles. The topological polar surface area (TPSA) is 57.5 Å². The Morgan fingerprint density at radius 3 is 2.83 bits per heavy atom. The van der Waals surface area contributed by atoms with Crippen LogP contribution in [0.3, 0.4) is 0 Å². The number of pyridine rings is 1. The molecule has 1 aliphatic heterocycles. The fourth-order valence-electron chi connectivity index (χ4n) is 2.12. The number of para-hydroxylation sites is 1. The number of phenols is 1. The van der Waals surface area contributed by atoms with E-state index in [9.17, 15) is 5.11 Å². The first-order chi connectivity index (χ1) is 8.84. The fraction of sp³-hybridized carbons (Fsp3) is 0.143. The molecule has 2 aromatic rings. The summed E-state index contributed by atoms with van der Waals surface area (Å²) in [7, 11) is 0. The molecule has 0 spiro atoms. The van der Waals surface area contributed by atoms with Crippen LogP contribution in [-0.4, -0.2) is 15.8 Å². The second kappa shape index (κ2) is 4.49. The van der Waals surface area contributed by atoms with E-state index >= 15 is 0 Å². The normalized spacial score (nSPS) is 18.2. The lowest BCUT2D eigenvalue weighted by molar-refractivity contribution is 0.455. The van der Waals surface area contributed by atoms with Crippen LogP contribution in [0.2, 0.25) is 0 Å². The van der Waals surface area contributed by atoms with Gasteiger partial charge < -0.3 is 10.5 Å². The number of hydrogen-bond donors (Lipinski definition) is 2. The lowest BCUT2D eigenvalue weighted by Crippen LogP contribution is -2.10. The van der Waals surface area contributed by atoms with Crippen LogP contribution >= 0.6 is 0 Å². The molecule has 1 aromatic carbocycles. The first kappa shape index (κ1) is 10.8. The summed E-state index contributed by atoms with van der Waals surface area (Å²) < 4.78 is 0. The molecule has 4 heteroatoms. The molecule has 1 aliphatic rings. The van der Waals surface area contributed by atoms with Gasteiger partial charge in [-0.3, -0.25) is 4.98 Å². The number of aromatic hydroxyl groups is 1. The monoisotopic (exact) mass is 239 g/mol. The van der Waals surface area contributed by atoms with Gasteiger partial charge in [0.25, 0.3) is 0 Å². The van der Waals surface area contributed by atoms with Crippen molar-refractivity contribution in [3.8, 4) is 5.75 Å². The third-order valence-corrected chi connectivity index (χ3v) is 3.06. The maximum Gasteiger partial charge on any atom is 0.120 e. The van der Waals surface area contributed by atoms with Gasteiger partial charge in [0.15, 0.2) is 0 Å². The van der Waals surface area contributed by atoms with Crippen molar-refractivity contribution < 1.29 is 5.11 Å². The van der Waals surface area contributed by atoms with Crippen molar-refractivity contribution in [2.45, 2.75) is 12.5 Å². The second-order valence-corrected chi connectivity index (χ2v) is 4.24. The number of aromatic nitrogens is 1. The quantitative estimate of drug-likeness (QED) is 0.844. The Kier molecular flexibility index (Phi) is 2.68. The van der Waals surface area contributed by atoms with E-state index in [1.165, 1.54) is 0 Å². The molecular weight excluding hydrogens is 226 g/mol. The van der Waals surface area contributed by atoms with Crippen LogP contribution in [0, 0.1) is 0 Å². The lowest BCUT2D eigenvalue weighted by atomic mass is 9.99. The Bertz CT molecular complexity index is 581. The highest BCUT2D eigenvalue weighted by Gasteiger charge is 2.23. The average molecular weight is 239 g/mol. The third-order valence-electron chi connectivity index (χ3n) is 3.06. The van der Waals surface area contributed by atoms with Crippen LogP contribution < -0.4 is 5.43 Å². The highest BCUT2D eigenvalue weighted by molar-refractivity contribution is 6.01. The molecule has 90 valence electrons. The summed E-state index contributed by atoms with van der Waals surface area (Å²) in [5, 5.41) is 14.1. The first-order valence-corrected chi connectivity index (χ1v) is 5.85. The molecule has 1 atom stereocenters. The van der Waals surface area contributed by atoms with E-state index < -0.39 is 0 Å². The number of benzene rings is 1. The zero-order chi connectivity index (χ0) is 12.4. The molecule has 2 heterocycles. The Hall–Kier alpha value is -2.36. The number of phenolic OH excluding ortho intramolecular Hbond substituents is 1. The van der Waals surface area contributed by atoms with E-state index in [2.05, 4.69) is 15.5 Å². The van der Waals surface area contributed by atoms with Crippen molar-refractivity contribution in [1.82, 2.24) is 10.4 Å². The van der Waals surface area contributed by atoms with Gasteiger partial charge in [0.2, 0.25) is 0 Å². The van der Waals surface area contributed by atoms with Crippen molar-refractivity contribution in [1.29, 1.82) is 0 Å². The summed E-state index contributed by atoms with van der Waals surface area (Å²) >= 11 is 0. The largest absolute Gasteiger partial charge is 0.508 e. The predicted molar refractivity (Wildman–Crippen MR) is 69.4 cm³/mol. The van der Waals surface area contributed by atoms with Gasteiger partial charge in [0, 0.05) is 29.9 Å². The van der Waals surface area contributed by atoms with Crippen LogP contribution in [-0.2, 0) is 0 Å². The summed E-state index contributed by atoms with van der Waals surface area (Å²) in [5.74, 6) is 0.303. The molecule has 4 nitrogen and oxygen atoms in total. The molecule has 18 heavy (non-hydrogen) atoms. The maximum atomic E-state index is 9.82. The molecule has 0 bridgehead atoms. The van der Waals surface area contributed by atoms with E-state index in [4.69, 9.17) is 0 Å². The van der Waals surface area contributed by atoms with Crippen molar-refractivity contribution in [2.75, 3.05) is 0 Å². The van der Waals surface area contributed by atoms with Crippen molar-refractivity contribution in [3.63, 3.8) is 0 Å². The van der Waals surface area contributed by atoms with E-state index in [-0.39, 0.29) is 6.04 Å². The van der Waals surface area contributed by atoms with Gasteiger partial charge >= 0.3 is 0 Å². The molecule has 0 radical (unpaired) electrons. The standard InChI is InChI=1S/C14H13N3O/c18-14-6-2-1-5-11(14)13-8-12(16-17-13)10-4-3-7-15-9-10/h1-7,9,13,17-18H,8H2/t13-/m1/s1. The molecular formula is C14H13N3O. The second-order valence-electron chi connectivity index (χ2n) is 4.24. The molecule has 1 aromatic heterocycles. The van der Waals surface area contributed by atoms with E-state index in [1.54, 1.807) is 18.5 Å². The van der Waals surface area contributed by atoms with Gasteiger partial charge in [-0.05, 0) is 12.1 Å². The summed E-state index contributed by atoms with van der Waals surface area (Å²) in [4.78, 5) is 4.09. The van der Waals surface area contributed by atoms with Crippen molar-refractivity contribution in [3.05, 3.63) is 59.9 Å². The first-order valence-electron chi connectivity index (χ1n) is 5.85. The van der Waals surface area contributed by atoms with Crippen molar-refractivity contribution >= 4 is 5.71 Å². The SMILES string of the molecule is Oc1ccccc1[C@H]1CC(c2cccnc2)=NN1. The predicted octanol–water partition coefficient (Wildman–Crippen LogP) is 2.23. The number of rotatable bonds is 2. The summed E-state index contributed by atoms with van der Waals surface area (Å²) in [6.45, 7) is 0. The van der Waals surface area contributed by atoms with Crippen LogP contribution in [0.15, 0.2) is 53.9 Å². The Morgan fingerprint density at radius 2 is 2.06 bits per heavy atom. The Balaban J connectivity index is 1.81. The maximum absolute atomic E-state index is 9.82. The zero-order valence-electron chi connectivity index (χ0n) is 9.74. The fourth-order valence-corrected chi connectivity index (χ4v) is 2.12. The summed E-state index contributed by atoms with van der Waals surface area (Å²) in [5.41, 5.74) is 5.92. The third kappa shape index (κ3) is 1.93. The minimum atomic E-state index is 0.0291. The lowest BCUT2D eigenvalue weighted by Gasteiger charge is -2.11. The molecule has 0 unspecified atom stereocenters. The van der Waals surface area contributed by atoms with Crippen molar-refractivity contribution in [2.24, 2.45) is 5.10 Å². The van der Waals surface area contributed by atoms with Gasteiger partial charge in [-0.25, -0.2) is 0 Å². The van der Waals surface area contributed by atoms with Gasteiger partial charge in [0.05, 0.1) is 11.8 Å². The number of nitrogens with zero attached hydrogens (tertiary/aromatic N) is 2. The van der Waals surface area contributed by atoms with Crippen LogP contribution in [0.5, 0.6) is 5.75 Å². The Labute approximate surface area is 105 Å². The summed E-state index contributed by atoms with van der Waals surface area (Å²) in [6.07, 6.45) is 4.30. The van der Waals surface area contributed by atoms with E-state index in [0.717, 1.165) is 23.3 Å². The van der Waals surface area contributed by atoms with E-state index in [1.807, 2.05) is 30.3 Å². The Morgan fingerprint density at radius 1 is 1.17 bits per heavy atom. The van der Waals surface area contributed by atoms with Gasteiger partial charge in [0.1, 0.15) is 5.75 Å². The van der Waals surface area contributed by atoms with Gasteiger partial charge in [-0.2, -0.15) is 5.10 Å². The van der Waals surface area contributed by atoms with E-state index in [0.29, 0.717) is 5.75 Å². The highest BCUT2D eigenvalue weighted by Crippen LogP contribution is 2.29. The number of hydrazone groups is 1. The molecule has 2 N–H and O–H groups in total. The minimum Gasteiger partial charge on any atom is -0.508 e. The van der Waals surface area contributed by atoms with Crippen LogP contribution in [0.1, 0.15) is 23.6 Å². The summed E-state index contributed by atoms with van der Waals surface area (Å²) in [6, 6.07) is 11.2. The van der Waals surface area contributed by atoms with Gasteiger partial charge in [-0.1, -0.05) is 24.3 Å². The highest BCUT2D eigenvalue weighted by atomic mass is 16.3. The van der Waals surface area contributed by atoms with Gasteiger partial charge in [-0.15, -0.1) is 0 Å². The molecule has 0 aliphatic carbocycles. The minimum absolute atomic E-state index is 0.0291. The molecule has 3 rings (SSSR count). The molecule has 0 amide bonds. The number of nitrogens with one attached hydrogen (secondary N) is 1. The van der Waals surface area contributed by atoms with Crippen LogP contribution in [0.4, 0.5) is 0 Å². The average Bonchev–Trinajstić information content (AvgIpc) is 2.90. The van der Waals surface area contributed by atoms with Crippen LogP contribution in [0.25, 0.3) is 0 Å². The zero-order valence-corrected chi connectivity index (χ0v) is 9.74.